The van der Waals surface area contributed by atoms with Crippen molar-refractivity contribution in [2.45, 2.75) is 104 Å². The lowest BCUT2D eigenvalue weighted by molar-refractivity contribution is -0.172. The van der Waals surface area contributed by atoms with Crippen LogP contribution in [-0.4, -0.2) is 63.1 Å². The number of anilines is 1. The van der Waals surface area contributed by atoms with Gasteiger partial charge in [-0.3, -0.25) is 19.2 Å². The minimum Gasteiger partial charge on any atom is -0.458 e. The van der Waals surface area contributed by atoms with Crippen molar-refractivity contribution >= 4 is 46.4 Å². The van der Waals surface area contributed by atoms with E-state index in [0.29, 0.717) is 63.1 Å². The van der Waals surface area contributed by atoms with Crippen molar-refractivity contribution in [2.75, 3.05) is 11.9 Å². The quantitative estimate of drug-likeness (QED) is 0.105. The minimum atomic E-state index is -2.03. The molecule has 4 heterocycles. The predicted molar refractivity (Wildman–Crippen MR) is 217 cm³/mol. The van der Waals surface area contributed by atoms with Crippen LogP contribution in [0.1, 0.15) is 98.6 Å². The van der Waals surface area contributed by atoms with E-state index >= 15 is 4.39 Å². The third-order valence-electron chi connectivity index (χ3n) is 11.7. The van der Waals surface area contributed by atoms with E-state index in [9.17, 15) is 33.9 Å². The maximum absolute atomic E-state index is 15.4. The Balaban J connectivity index is 1.11. The molecule has 7 rings (SSSR count). The Hall–Kier alpha value is -6.20. The molecule has 5 atom stereocenters. The smallest absolute Gasteiger partial charge is 0.408 e. The number of nitrogens with one attached hydrogen (secondary N) is 4. The van der Waals surface area contributed by atoms with Crippen LogP contribution in [0.4, 0.5) is 14.9 Å². The number of alkyl carbamates (subject to hydrolysis) is 1. The molecule has 4 aromatic rings. The molecule has 2 aromatic heterocycles. The maximum atomic E-state index is 15.4. The first-order chi connectivity index (χ1) is 28.5. The highest BCUT2D eigenvalue weighted by Gasteiger charge is 2.46. The Morgan fingerprint density at radius 2 is 1.78 bits per heavy atom. The van der Waals surface area contributed by atoms with Crippen molar-refractivity contribution in [2.24, 2.45) is 11.7 Å². The van der Waals surface area contributed by atoms with Gasteiger partial charge in [0.05, 0.1) is 35.1 Å². The van der Waals surface area contributed by atoms with Gasteiger partial charge in [0, 0.05) is 41.7 Å². The summed E-state index contributed by atoms with van der Waals surface area (Å²) in [5, 5.41) is 23.0. The molecule has 4 amide bonds. The summed E-state index contributed by atoms with van der Waals surface area (Å²) >= 11 is 0. The highest BCUT2D eigenvalue weighted by atomic mass is 19.1. The van der Waals surface area contributed by atoms with Gasteiger partial charge in [-0.1, -0.05) is 32.9 Å². The van der Waals surface area contributed by atoms with E-state index in [4.69, 9.17) is 20.2 Å². The fraction of sp³-hybridized carbons (Fsp3) is 0.419. The Morgan fingerprint density at radius 3 is 2.43 bits per heavy atom. The van der Waals surface area contributed by atoms with Crippen LogP contribution >= 0.6 is 0 Å². The van der Waals surface area contributed by atoms with E-state index in [2.05, 4.69) is 21.3 Å². The molecule has 0 bridgehead atoms. The number of fused-ring (bicyclic) bond motifs is 5. The zero-order chi connectivity index (χ0) is 43.4. The SMILES string of the molecule is CC[C@@]1(O)C(=O)OCc2c1cc1n(c2=O)Cc2c-1nc1cc(F)c(C)c3c1c2[C@@H](NC(=O)O[C@H](CN)c1ccc(NC(=O)[C@H](C)NC(=O)[C@@H](NC(C)=O)C(C)C)cc1)CC3. The number of halogens is 1. The third-order valence-corrected chi connectivity index (χ3v) is 11.7. The molecule has 0 unspecified atom stereocenters. The zero-order valence-electron chi connectivity index (χ0n) is 34.2. The lowest BCUT2D eigenvalue weighted by atomic mass is 9.81. The molecule has 16 nitrogen and oxygen atoms in total. The number of esters is 1. The van der Waals surface area contributed by atoms with Gasteiger partial charge in [-0.15, -0.1) is 0 Å². The Kier molecular flexibility index (Phi) is 11.3. The van der Waals surface area contributed by atoms with Crippen LogP contribution in [0.3, 0.4) is 0 Å². The maximum Gasteiger partial charge on any atom is 0.408 e. The Morgan fingerprint density at radius 1 is 1.07 bits per heavy atom. The number of rotatable bonds is 11. The number of hydrogen-bond donors (Lipinski definition) is 6. The molecule has 1 aliphatic carbocycles. The van der Waals surface area contributed by atoms with Crippen molar-refractivity contribution in [3.8, 4) is 11.4 Å². The summed E-state index contributed by atoms with van der Waals surface area (Å²) in [7, 11) is 0. The van der Waals surface area contributed by atoms with Crippen LogP contribution in [0, 0.1) is 18.7 Å². The van der Waals surface area contributed by atoms with Gasteiger partial charge in [0.2, 0.25) is 17.7 Å². The van der Waals surface area contributed by atoms with Crippen molar-refractivity contribution < 1.29 is 42.9 Å². The number of benzene rings is 2. The second-order valence-electron chi connectivity index (χ2n) is 15.9. The number of carbonyl (C=O) groups is 5. The molecule has 0 saturated carbocycles. The topological polar surface area (TPSA) is 233 Å². The molecule has 0 fully saturated rings. The van der Waals surface area contributed by atoms with Crippen molar-refractivity contribution in [3.63, 3.8) is 0 Å². The Labute approximate surface area is 344 Å². The summed E-state index contributed by atoms with van der Waals surface area (Å²) in [5.74, 6) is -2.84. The van der Waals surface area contributed by atoms with Gasteiger partial charge in [0.15, 0.2) is 5.60 Å². The second kappa shape index (κ2) is 16.1. The number of hydrogen-bond acceptors (Lipinski definition) is 11. The first-order valence-electron chi connectivity index (χ1n) is 19.9. The van der Waals surface area contributed by atoms with Crippen LogP contribution in [0.15, 0.2) is 41.2 Å². The Bertz CT molecular complexity index is 2520. The van der Waals surface area contributed by atoms with E-state index < -0.39 is 65.1 Å². The lowest BCUT2D eigenvalue weighted by Crippen LogP contribution is -2.53. The van der Waals surface area contributed by atoms with Gasteiger partial charge in [0.25, 0.3) is 5.56 Å². The monoisotopic (exact) mass is 825 g/mol. The van der Waals surface area contributed by atoms with Gasteiger partial charge in [0.1, 0.15) is 30.6 Å². The first-order valence-corrected chi connectivity index (χ1v) is 19.9. The van der Waals surface area contributed by atoms with E-state index in [1.165, 1.54) is 24.5 Å². The van der Waals surface area contributed by atoms with Crippen molar-refractivity contribution in [3.05, 3.63) is 91.5 Å². The standard InChI is InChI=1S/C43H48FN7O9/c1-7-43(58)28-14-32-37-26(17-51(32)40(55)27(28)18-59-41(43)56)35-30(13-12-25-20(4)29(44)15-31(49-37)34(25)35)50-42(57)60-33(16-45)23-8-10-24(11-9-23)48-38(53)21(5)46-39(54)36(19(2)3)47-22(6)52/h8-11,14-15,19,21,30,33,36,58H,7,12-13,16-18,45H2,1-6H3,(H,46,54)(H,47,52)(H,48,53)(H,50,57)/t21-,30-,33+,36-,43-/m0/s1. The van der Waals surface area contributed by atoms with E-state index in [-0.39, 0.29) is 49.1 Å². The molecule has 17 heteroatoms. The van der Waals surface area contributed by atoms with Crippen LogP contribution in [0.5, 0.6) is 0 Å². The number of pyridine rings is 2. The van der Waals surface area contributed by atoms with Crippen LogP contribution in [0.2, 0.25) is 0 Å². The molecular formula is C43H48FN7O9. The number of ether oxygens (including phenoxy) is 2. The lowest BCUT2D eigenvalue weighted by Gasteiger charge is -2.31. The first kappa shape index (κ1) is 41.9. The summed E-state index contributed by atoms with van der Waals surface area (Å²) in [6, 6.07) is 7.07. The number of cyclic esters (lactones) is 1. The summed E-state index contributed by atoms with van der Waals surface area (Å²) in [4.78, 5) is 82.5. The van der Waals surface area contributed by atoms with Crippen LogP contribution in [0.25, 0.3) is 22.3 Å². The number of nitrogens with two attached hydrogens (primary N) is 1. The van der Waals surface area contributed by atoms with Gasteiger partial charge in [-0.25, -0.2) is 19.0 Å². The number of aliphatic hydroxyl groups is 1. The fourth-order valence-corrected chi connectivity index (χ4v) is 8.41. The normalized spacial score (nSPS) is 19.0. The van der Waals surface area contributed by atoms with Gasteiger partial charge >= 0.3 is 12.1 Å². The van der Waals surface area contributed by atoms with E-state index in [1.54, 1.807) is 58.0 Å². The molecule has 2 aromatic carbocycles. The summed E-state index contributed by atoms with van der Waals surface area (Å²) in [5.41, 5.74) is 8.45. The second-order valence-corrected chi connectivity index (χ2v) is 15.9. The molecule has 316 valence electrons. The highest BCUT2D eigenvalue weighted by molar-refractivity contribution is 5.98. The molecular weight excluding hydrogens is 778 g/mol. The fourth-order valence-electron chi connectivity index (χ4n) is 8.41. The minimum absolute atomic E-state index is 0.0281. The molecule has 7 N–H and O–H groups in total. The number of aromatic nitrogens is 2. The van der Waals surface area contributed by atoms with Crippen molar-refractivity contribution in [1.29, 1.82) is 0 Å². The van der Waals surface area contributed by atoms with Gasteiger partial charge in [-0.05, 0) is 79.5 Å². The van der Waals surface area contributed by atoms with Gasteiger partial charge in [-0.2, -0.15) is 0 Å². The average Bonchev–Trinajstić information content (AvgIpc) is 3.58. The van der Waals surface area contributed by atoms with E-state index in [0.717, 1.165) is 5.56 Å². The van der Waals surface area contributed by atoms with Crippen LogP contribution in [-0.2, 0) is 53.8 Å². The predicted octanol–water partition coefficient (Wildman–Crippen LogP) is 3.54. The summed E-state index contributed by atoms with van der Waals surface area (Å²) in [6.07, 6.45) is -0.888. The van der Waals surface area contributed by atoms with Crippen LogP contribution < -0.4 is 32.6 Å². The van der Waals surface area contributed by atoms with Gasteiger partial charge < -0.3 is 46.1 Å². The molecule has 60 heavy (non-hydrogen) atoms. The average molecular weight is 826 g/mol. The molecule has 0 spiro atoms. The van der Waals surface area contributed by atoms with Crippen molar-refractivity contribution in [1.82, 2.24) is 25.5 Å². The largest absolute Gasteiger partial charge is 0.458 e. The van der Waals surface area contributed by atoms with E-state index in [1.807, 2.05) is 0 Å². The number of nitrogens with zero attached hydrogens (tertiary/aromatic N) is 2. The third kappa shape index (κ3) is 7.36. The molecule has 3 aliphatic rings. The molecule has 0 radical (unpaired) electrons. The number of aryl methyl sites for hydroxylation is 1. The number of amides is 4. The number of carbonyl (C=O) groups excluding carboxylic acids is 5. The summed E-state index contributed by atoms with van der Waals surface area (Å²) < 4.78 is 27.9. The highest BCUT2D eigenvalue weighted by Crippen LogP contribution is 2.46. The molecule has 0 saturated heterocycles. The zero-order valence-corrected chi connectivity index (χ0v) is 34.2. The summed E-state index contributed by atoms with van der Waals surface area (Å²) in [6.45, 7) is 9.41. The molecule has 2 aliphatic heterocycles.